The summed E-state index contributed by atoms with van der Waals surface area (Å²) in [5, 5.41) is 5.89. The summed E-state index contributed by atoms with van der Waals surface area (Å²) in [6.07, 6.45) is 5.59. The average Bonchev–Trinajstić information content (AvgIpc) is 2.69. The van der Waals surface area contributed by atoms with Crippen LogP contribution in [0.2, 0.25) is 0 Å². The highest BCUT2D eigenvalue weighted by atomic mass is 16.5. The van der Waals surface area contributed by atoms with E-state index in [9.17, 15) is 14.4 Å². The molecule has 0 unspecified atom stereocenters. The molecule has 0 bridgehead atoms. The Morgan fingerprint density at radius 2 is 1.57 bits per heavy atom. The number of carbonyl (C=O) groups is 3. The van der Waals surface area contributed by atoms with Crippen LogP contribution in [0.4, 0.5) is 0 Å². The maximum atomic E-state index is 12.0. The van der Waals surface area contributed by atoms with Crippen molar-refractivity contribution in [2.24, 2.45) is 11.8 Å². The van der Waals surface area contributed by atoms with Crippen LogP contribution in [0.3, 0.4) is 0 Å². The van der Waals surface area contributed by atoms with E-state index in [0.29, 0.717) is 44.8 Å². The van der Waals surface area contributed by atoms with Gasteiger partial charge in [-0.05, 0) is 45.4 Å². The Hall–Kier alpha value is -1.43. The minimum atomic E-state index is -0.0120. The van der Waals surface area contributed by atoms with Gasteiger partial charge in [-0.25, -0.2) is 0 Å². The van der Waals surface area contributed by atoms with Crippen molar-refractivity contribution in [1.29, 1.82) is 0 Å². The zero-order chi connectivity index (χ0) is 21.4. The van der Waals surface area contributed by atoms with E-state index in [1.807, 2.05) is 34.6 Å². The number of carbonyl (C=O) groups excluding carboxylic acids is 3. The molecular weight excluding hydrogens is 356 g/mol. The zero-order valence-corrected chi connectivity index (χ0v) is 18.6. The Bertz CT molecular complexity index is 444. The van der Waals surface area contributed by atoms with Crippen molar-refractivity contribution in [3.8, 4) is 0 Å². The fraction of sp³-hybridized carbons (Fsp3) is 0.864. The second-order valence-electron chi connectivity index (χ2n) is 7.43. The molecule has 1 rings (SSSR count). The first-order valence-electron chi connectivity index (χ1n) is 11.1. The molecule has 6 nitrogen and oxygen atoms in total. The number of hydrogen-bond donors (Lipinski definition) is 2. The number of nitrogens with one attached hydrogen (secondary N) is 2. The molecule has 0 aromatic carbocycles. The van der Waals surface area contributed by atoms with E-state index in [1.54, 1.807) is 0 Å². The van der Waals surface area contributed by atoms with Crippen LogP contribution in [0.15, 0.2) is 0 Å². The van der Waals surface area contributed by atoms with Crippen LogP contribution < -0.4 is 10.6 Å². The molecule has 0 spiro atoms. The second-order valence-corrected chi connectivity index (χ2v) is 7.43. The fourth-order valence-electron chi connectivity index (χ4n) is 3.34. The lowest BCUT2D eigenvalue weighted by Crippen LogP contribution is -2.39. The fourth-order valence-corrected chi connectivity index (χ4v) is 3.34. The molecule has 28 heavy (non-hydrogen) atoms. The number of ketones is 1. The molecule has 0 heterocycles. The molecule has 0 aromatic heterocycles. The van der Waals surface area contributed by atoms with Gasteiger partial charge in [-0.1, -0.05) is 27.7 Å². The Balaban J connectivity index is 0.00000352. The number of amides is 2. The van der Waals surface area contributed by atoms with Crippen LogP contribution in [0.5, 0.6) is 0 Å². The van der Waals surface area contributed by atoms with Gasteiger partial charge in [0.2, 0.25) is 11.8 Å². The Morgan fingerprint density at radius 3 is 2.14 bits per heavy atom. The zero-order valence-electron chi connectivity index (χ0n) is 18.6. The van der Waals surface area contributed by atoms with Gasteiger partial charge in [-0.15, -0.1) is 0 Å². The van der Waals surface area contributed by atoms with Crippen molar-refractivity contribution in [2.45, 2.75) is 92.0 Å². The van der Waals surface area contributed by atoms with Crippen LogP contribution in [0.1, 0.15) is 86.0 Å². The molecule has 1 saturated carbocycles. The van der Waals surface area contributed by atoms with Gasteiger partial charge in [0.15, 0.2) is 0 Å². The van der Waals surface area contributed by atoms with Gasteiger partial charge in [-0.2, -0.15) is 0 Å². The molecule has 2 amide bonds. The van der Waals surface area contributed by atoms with Crippen LogP contribution in [0.25, 0.3) is 0 Å². The first-order valence-corrected chi connectivity index (χ1v) is 11.1. The van der Waals surface area contributed by atoms with Gasteiger partial charge in [0.25, 0.3) is 0 Å². The molecule has 0 aromatic rings. The van der Waals surface area contributed by atoms with Crippen molar-refractivity contribution >= 4 is 17.6 Å². The van der Waals surface area contributed by atoms with Gasteiger partial charge in [0, 0.05) is 50.5 Å². The smallest absolute Gasteiger partial charge is 0.220 e. The van der Waals surface area contributed by atoms with E-state index >= 15 is 0 Å². The molecule has 0 atom stereocenters. The molecule has 0 saturated heterocycles. The predicted molar refractivity (Wildman–Crippen MR) is 113 cm³/mol. The largest absolute Gasteiger partial charge is 0.382 e. The van der Waals surface area contributed by atoms with E-state index in [1.165, 1.54) is 0 Å². The summed E-state index contributed by atoms with van der Waals surface area (Å²) in [5.74, 6) is 0.600. The summed E-state index contributed by atoms with van der Waals surface area (Å²) >= 11 is 0. The average molecular weight is 399 g/mol. The molecule has 2 N–H and O–H groups in total. The van der Waals surface area contributed by atoms with Gasteiger partial charge < -0.3 is 15.4 Å². The normalized spacial score (nSPS) is 18.8. The van der Waals surface area contributed by atoms with E-state index in [4.69, 9.17) is 4.74 Å². The van der Waals surface area contributed by atoms with Crippen molar-refractivity contribution in [1.82, 2.24) is 10.6 Å². The molecule has 0 aliphatic heterocycles. The van der Waals surface area contributed by atoms with Crippen molar-refractivity contribution < 1.29 is 19.1 Å². The van der Waals surface area contributed by atoms with Gasteiger partial charge in [-0.3, -0.25) is 14.4 Å². The first-order chi connectivity index (χ1) is 13.4. The quantitative estimate of drug-likeness (QED) is 0.492. The molecule has 1 aliphatic carbocycles. The van der Waals surface area contributed by atoms with E-state index < -0.39 is 0 Å². The molecular formula is C22H42N2O4. The monoisotopic (exact) mass is 398 g/mol. The van der Waals surface area contributed by atoms with Gasteiger partial charge in [0.05, 0.1) is 0 Å². The lowest BCUT2D eigenvalue weighted by molar-refractivity contribution is -0.127. The number of rotatable bonds is 12. The summed E-state index contributed by atoms with van der Waals surface area (Å²) in [4.78, 5) is 35.7. The number of hydrogen-bond acceptors (Lipinski definition) is 4. The second kappa shape index (κ2) is 16.5. The highest BCUT2D eigenvalue weighted by Gasteiger charge is 2.28. The minimum Gasteiger partial charge on any atom is -0.382 e. The summed E-state index contributed by atoms with van der Waals surface area (Å²) in [6, 6.07) is 0.172. The Labute approximate surface area is 171 Å². The minimum absolute atomic E-state index is 0.00721. The summed E-state index contributed by atoms with van der Waals surface area (Å²) in [6.45, 7) is 11.8. The molecule has 164 valence electrons. The highest BCUT2D eigenvalue weighted by Crippen LogP contribution is 2.27. The van der Waals surface area contributed by atoms with E-state index in [0.717, 1.165) is 32.1 Å². The maximum absolute atomic E-state index is 12.0. The highest BCUT2D eigenvalue weighted by molar-refractivity contribution is 5.83. The Kier molecular flexibility index (Phi) is 15.7. The number of ether oxygens (including phenoxy) is 1. The SMILES string of the molecule is CC.CCOCCCNC(=O)CCCC(=O)NC1CCC(C(=O)C(C)C)CC1. The molecule has 0 radical (unpaired) electrons. The lowest BCUT2D eigenvalue weighted by Gasteiger charge is -2.29. The number of Topliss-reactive ketones (excluding diaryl/α,β-unsaturated/α-hetero) is 1. The molecule has 6 heteroatoms. The molecule has 1 aliphatic rings. The summed E-state index contributed by atoms with van der Waals surface area (Å²) < 4.78 is 5.21. The van der Waals surface area contributed by atoms with Crippen LogP contribution in [-0.4, -0.2) is 43.4 Å². The first kappa shape index (κ1) is 26.6. The third kappa shape index (κ3) is 12.1. The topological polar surface area (TPSA) is 84.5 Å². The predicted octanol–water partition coefficient (Wildman–Crippen LogP) is 3.63. The summed E-state index contributed by atoms with van der Waals surface area (Å²) in [5.41, 5.74) is 0. The van der Waals surface area contributed by atoms with E-state index in [-0.39, 0.29) is 29.7 Å². The third-order valence-corrected chi connectivity index (χ3v) is 4.86. The van der Waals surface area contributed by atoms with Crippen LogP contribution in [0, 0.1) is 11.8 Å². The molecule has 1 fully saturated rings. The Morgan fingerprint density at radius 1 is 0.964 bits per heavy atom. The van der Waals surface area contributed by atoms with Crippen molar-refractivity contribution in [3.63, 3.8) is 0 Å². The van der Waals surface area contributed by atoms with Gasteiger partial charge in [0.1, 0.15) is 5.78 Å². The van der Waals surface area contributed by atoms with E-state index in [2.05, 4.69) is 10.6 Å². The third-order valence-electron chi connectivity index (χ3n) is 4.86. The van der Waals surface area contributed by atoms with Crippen molar-refractivity contribution in [3.05, 3.63) is 0 Å². The summed E-state index contributed by atoms with van der Waals surface area (Å²) in [7, 11) is 0. The van der Waals surface area contributed by atoms with Crippen LogP contribution >= 0.6 is 0 Å². The maximum Gasteiger partial charge on any atom is 0.220 e. The van der Waals surface area contributed by atoms with Gasteiger partial charge >= 0.3 is 0 Å². The standard InChI is InChI=1S/C20H36N2O4.C2H6/c1-4-26-14-6-13-21-18(23)7-5-8-19(24)22-17-11-9-16(10-12-17)20(25)15(2)3;1-2/h15-17H,4-14H2,1-3H3,(H,21,23)(H,22,24);1-2H3. The lowest BCUT2D eigenvalue weighted by atomic mass is 9.80. The van der Waals surface area contributed by atoms with Crippen LogP contribution in [-0.2, 0) is 19.1 Å². The van der Waals surface area contributed by atoms with Crippen molar-refractivity contribution in [2.75, 3.05) is 19.8 Å².